The minimum atomic E-state index is -4.13. The van der Waals surface area contributed by atoms with Gasteiger partial charge in [0.2, 0.25) is 5.69 Å². The number of unbranched alkanes of at least 4 members (excludes halogenated alkanes) is 2. The fourth-order valence-electron chi connectivity index (χ4n) is 11.2. The van der Waals surface area contributed by atoms with Crippen LogP contribution in [0.25, 0.3) is 0 Å². The van der Waals surface area contributed by atoms with E-state index in [1.165, 1.54) is 0 Å². The molecule has 2 heterocycles. The third kappa shape index (κ3) is 20.9. The summed E-state index contributed by atoms with van der Waals surface area (Å²) < 4.78 is 85.3. The SMILES string of the molecule is CC1(C)C(=CC=C2CCCC(C=CC3=[N+](CCCCS(=O)(=O)O)c4ccccc4C3(C)C)=C2Oc2ccc(C[C@@H](CC(=O)CCOCOCCC(=O)CC[C@H](NC(=O)NCCCC(=O)O)C(=O)O)C(=O)O)cc2)N(CCCCS(=O)(=O)O)c2ccccc21. The summed E-state index contributed by atoms with van der Waals surface area (Å²) in [4.78, 5) is 74.4. The molecule has 3 aromatic rings. The monoisotopic (exact) mass is 1260 g/mol. The molecule has 3 aliphatic rings. The number of urea groups is 1. The van der Waals surface area contributed by atoms with E-state index in [4.69, 9.17) is 19.3 Å². The lowest BCUT2D eigenvalue weighted by molar-refractivity contribution is -0.438. The van der Waals surface area contributed by atoms with Crippen LogP contribution in [0.1, 0.15) is 134 Å². The summed E-state index contributed by atoms with van der Waals surface area (Å²) in [5.74, 6) is -4.79. The van der Waals surface area contributed by atoms with Gasteiger partial charge >= 0.3 is 23.9 Å². The Morgan fingerprint density at radius 1 is 0.705 bits per heavy atom. The van der Waals surface area contributed by atoms with Gasteiger partial charge in [-0.25, -0.2) is 9.59 Å². The average Bonchev–Trinajstić information content (AvgIpc) is 1.62. The Kier molecular flexibility index (Phi) is 25.5. The van der Waals surface area contributed by atoms with Crippen LogP contribution < -0.4 is 20.3 Å². The zero-order valence-electron chi connectivity index (χ0n) is 50.4. The van der Waals surface area contributed by atoms with Gasteiger partial charge in [0.1, 0.15) is 42.5 Å². The van der Waals surface area contributed by atoms with E-state index in [0.29, 0.717) is 55.8 Å². The summed E-state index contributed by atoms with van der Waals surface area (Å²) in [6.07, 6.45) is 11.3. The maximum atomic E-state index is 13.0. The first-order valence-corrected chi connectivity index (χ1v) is 32.9. The molecule has 478 valence electrons. The number of nitrogens with one attached hydrogen (secondary N) is 2. The van der Waals surface area contributed by atoms with Crippen LogP contribution in [0.2, 0.25) is 0 Å². The van der Waals surface area contributed by atoms with Gasteiger partial charge in [-0.1, -0.05) is 68.5 Å². The topological polar surface area (TPSA) is 330 Å². The average molecular weight is 1260 g/mol. The molecule has 3 aromatic carbocycles. The molecule has 6 rings (SSSR count). The minimum absolute atomic E-state index is 0.0268. The van der Waals surface area contributed by atoms with Gasteiger partial charge < -0.3 is 45.1 Å². The second-order valence-electron chi connectivity index (χ2n) is 23.3. The lowest BCUT2D eigenvalue weighted by Gasteiger charge is -2.27. The molecule has 0 fully saturated rings. The van der Waals surface area contributed by atoms with Gasteiger partial charge in [0, 0.05) is 86.1 Å². The number of carbonyl (C=O) groups excluding carboxylic acids is 3. The zero-order chi connectivity index (χ0) is 64.2. The van der Waals surface area contributed by atoms with Crippen molar-refractivity contribution in [1.82, 2.24) is 10.6 Å². The number of amides is 2. The number of hydrogen-bond acceptors (Lipinski definition) is 14. The number of rotatable bonds is 37. The van der Waals surface area contributed by atoms with Crippen LogP contribution in [-0.2, 0) is 70.9 Å². The lowest BCUT2D eigenvalue weighted by Crippen LogP contribution is -2.46. The van der Waals surface area contributed by atoms with Crippen LogP contribution in [-0.4, -0.2) is 144 Å². The highest BCUT2D eigenvalue weighted by Crippen LogP contribution is 2.48. The fourth-order valence-corrected chi connectivity index (χ4v) is 12.3. The van der Waals surface area contributed by atoms with Gasteiger partial charge in [0.05, 0.1) is 36.1 Å². The summed E-state index contributed by atoms with van der Waals surface area (Å²) in [7, 11) is -8.25. The highest BCUT2D eigenvalue weighted by Gasteiger charge is 2.44. The first-order chi connectivity index (χ1) is 41.6. The number of hydrogen-bond donors (Lipinski definition) is 7. The summed E-state index contributed by atoms with van der Waals surface area (Å²) >= 11 is 0. The van der Waals surface area contributed by atoms with Gasteiger partial charge in [-0.15, -0.1) is 0 Å². The molecule has 24 heteroatoms. The third-order valence-electron chi connectivity index (χ3n) is 15.9. The van der Waals surface area contributed by atoms with Crippen LogP contribution in [0.3, 0.4) is 0 Å². The molecule has 2 aliphatic heterocycles. The Labute approximate surface area is 514 Å². The molecular formula is C64H83N4O18S2+. The molecule has 1 aliphatic carbocycles. The van der Waals surface area contributed by atoms with E-state index in [2.05, 4.69) is 84.2 Å². The first-order valence-electron chi connectivity index (χ1n) is 29.7. The fraction of sp³-hybridized carbons (Fsp3) is 0.484. The van der Waals surface area contributed by atoms with Gasteiger partial charge in [-0.2, -0.15) is 21.4 Å². The highest BCUT2D eigenvalue weighted by atomic mass is 32.2. The van der Waals surface area contributed by atoms with Crippen LogP contribution in [0.5, 0.6) is 5.75 Å². The number of aliphatic carboxylic acids is 3. The van der Waals surface area contributed by atoms with Gasteiger partial charge in [-0.3, -0.25) is 28.3 Å². The molecule has 0 radical (unpaired) electrons. The van der Waals surface area contributed by atoms with Crippen molar-refractivity contribution in [2.24, 2.45) is 5.92 Å². The molecule has 2 amide bonds. The highest BCUT2D eigenvalue weighted by molar-refractivity contribution is 7.86. The van der Waals surface area contributed by atoms with E-state index in [1.54, 1.807) is 24.3 Å². The number of para-hydroxylation sites is 2. The van der Waals surface area contributed by atoms with Gasteiger partial charge in [0.15, 0.2) is 5.71 Å². The number of ether oxygens (including phenoxy) is 3. The van der Waals surface area contributed by atoms with E-state index in [-0.39, 0.29) is 114 Å². The smallest absolute Gasteiger partial charge is 0.326 e. The molecular weight excluding hydrogens is 1180 g/mol. The summed E-state index contributed by atoms with van der Waals surface area (Å²) in [6, 6.07) is 21.1. The molecule has 0 spiro atoms. The molecule has 0 aromatic heterocycles. The number of carboxylic acids is 3. The van der Waals surface area contributed by atoms with E-state index in [1.807, 2.05) is 36.4 Å². The molecule has 2 atom stereocenters. The maximum absolute atomic E-state index is 13.0. The number of benzene rings is 3. The molecule has 7 N–H and O–H groups in total. The van der Waals surface area contributed by atoms with E-state index in [9.17, 15) is 64.9 Å². The summed E-state index contributed by atoms with van der Waals surface area (Å²) in [5, 5.41) is 33.0. The maximum Gasteiger partial charge on any atom is 0.326 e. The van der Waals surface area contributed by atoms with Crippen LogP contribution in [0.4, 0.5) is 16.2 Å². The van der Waals surface area contributed by atoms with Gasteiger partial charge in [-0.05, 0) is 124 Å². The van der Waals surface area contributed by atoms with Crippen molar-refractivity contribution >= 4 is 72.8 Å². The van der Waals surface area contributed by atoms with E-state index >= 15 is 0 Å². The predicted octanol–water partition coefficient (Wildman–Crippen LogP) is 9.02. The zero-order valence-corrected chi connectivity index (χ0v) is 52.0. The van der Waals surface area contributed by atoms with Crippen molar-refractivity contribution in [3.05, 3.63) is 136 Å². The van der Waals surface area contributed by atoms with Crippen LogP contribution in [0.15, 0.2) is 120 Å². The number of fused-ring (bicyclic) bond motifs is 2. The standard InChI is InChI=1S/C64H82N4O18S2/c1-63(2)51-17-5-7-19-54(51)67(35-9-11-39-87(78,79)80)56(63)30-24-45-15-13-16-46(25-31-57-64(3,4)52-18-6-8-20-55(52)68(57)36-10-12-40-88(81,82)83)59(45)86-50-27-22-44(23-28-50)41-47(60(73)74)42-49(70)33-38-85-43-84-37-32-48(69)26-29-53(61(75)76)66-62(77)65-34-14-21-58(71)72/h5-8,17-20,22-25,27-28,30-31,47,53H,9-16,21,26,29,32-43H2,1-4H3,(H6-,65,66,71,72,73,74,75,76,77,78,79,80,81,82,83)/p+1/t47-,53-/m0/s1. The van der Waals surface area contributed by atoms with Crippen molar-refractivity contribution in [3.8, 4) is 5.75 Å². The number of ketones is 2. The minimum Gasteiger partial charge on any atom is -0.481 e. The molecule has 0 saturated heterocycles. The molecule has 0 bridgehead atoms. The number of allylic oxidation sites excluding steroid dienone is 7. The molecule has 88 heavy (non-hydrogen) atoms. The second-order valence-corrected chi connectivity index (χ2v) is 26.4. The predicted molar refractivity (Wildman–Crippen MR) is 330 cm³/mol. The number of carbonyl (C=O) groups is 6. The quantitative estimate of drug-likeness (QED) is 0.0122. The second kappa shape index (κ2) is 32.2. The summed E-state index contributed by atoms with van der Waals surface area (Å²) in [5.41, 5.74) is 7.87. The Morgan fingerprint density at radius 2 is 1.35 bits per heavy atom. The number of nitrogens with zero attached hydrogens (tertiary/aromatic N) is 2. The van der Waals surface area contributed by atoms with E-state index < -0.39 is 67.0 Å². The molecule has 0 saturated carbocycles. The van der Waals surface area contributed by atoms with Crippen molar-refractivity contribution in [1.29, 1.82) is 0 Å². The van der Waals surface area contributed by atoms with Crippen molar-refractivity contribution < 1.29 is 88.8 Å². The Balaban J connectivity index is 1.14. The van der Waals surface area contributed by atoms with Crippen molar-refractivity contribution in [3.63, 3.8) is 0 Å². The van der Waals surface area contributed by atoms with E-state index in [0.717, 1.165) is 51.5 Å². The van der Waals surface area contributed by atoms with Crippen molar-refractivity contribution in [2.45, 2.75) is 141 Å². The van der Waals surface area contributed by atoms with Crippen LogP contribution in [0, 0.1) is 5.92 Å². The summed E-state index contributed by atoms with van der Waals surface area (Å²) in [6.45, 7) is 9.27. The molecule has 22 nitrogen and oxygen atoms in total. The van der Waals surface area contributed by atoms with Gasteiger partial charge in [0.25, 0.3) is 20.2 Å². The normalized spacial score (nSPS) is 17.0. The largest absolute Gasteiger partial charge is 0.481 e. The third-order valence-corrected chi connectivity index (χ3v) is 17.5. The molecule has 0 unspecified atom stereocenters. The Bertz CT molecular complexity index is 3400. The van der Waals surface area contributed by atoms with Crippen molar-refractivity contribution in [2.75, 3.05) is 56.0 Å². The van der Waals surface area contributed by atoms with Crippen LogP contribution >= 0.6 is 0 Å². The number of anilines is 1. The Morgan fingerprint density at radius 3 is 2.01 bits per heavy atom. The number of carboxylic acid groups (broad SMARTS) is 3. The number of Topliss-reactive ketones (excluding diaryl/α,β-unsaturated/α-hetero) is 2. The lowest BCUT2D eigenvalue weighted by atomic mass is 9.81. The first kappa shape index (κ1) is 69.7. The Hall–Kier alpha value is -7.35.